The number of carboxylic acid groups (broad SMARTS) is 1. The highest BCUT2D eigenvalue weighted by atomic mass is 32.2. The Morgan fingerprint density at radius 3 is 2.64 bits per heavy atom. The minimum Gasteiger partial charge on any atom is -0.496 e. The second kappa shape index (κ2) is 13.2. The zero-order chi connectivity index (χ0) is 24.5. The highest BCUT2D eigenvalue weighted by Crippen LogP contribution is 2.56. The maximum absolute atomic E-state index is 11.9. The molecule has 0 spiro atoms. The predicted octanol–water partition coefficient (Wildman–Crippen LogP) is 6.56. The smallest absolute Gasteiger partial charge is 0.303 e. The number of thioether (sulfide) groups is 3. The van der Waals surface area contributed by atoms with E-state index in [0.717, 1.165) is 60.7 Å². The number of carbonyl (C=O) groups is 2. The van der Waals surface area contributed by atoms with Crippen LogP contribution >= 0.6 is 35.3 Å². The number of aliphatic carboxylic acids is 1. The Morgan fingerprint density at radius 1 is 1.24 bits per heavy atom. The Bertz CT molecular complexity index is 815. The fraction of sp³-hybridized carbons (Fsp3) is 0.680. The minimum absolute atomic E-state index is 0.00146. The van der Waals surface area contributed by atoms with Crippen molar-refractivity contribution >= 4 is 47.0 Å². The molecule has 1 aliphatic heterocycles. The molecule has 1 N–H and O–H groups in total. The third-order valence-electron chi connectivity index (χ3n) is 5.57. The summed E-state index contributed by atoms with van der Waals surface area (Å²) in [4.78, 5) is 22.7. The molecule has 0 radical (unpaired) electrons. The first-order chi connectivity index (χ1) is 15.6. The van der Waals surface area contributed by atoms with E-state index in [0.29, 0.717) is 17.9 Å². The van der Waals surface area contributed by atoms with Gasteiger partial charge in [-0.1, -0.05) is 13.3 Å². The topological polar surface area (TPSA) is 72.8 Å². The van der Waals surface area contributed by atoms with Gasteiger partial charge in [-0.15, -0.1) is 23.5 Å². The molecule has 8 heteroatoms. The molecule has 1 aromatic carbocycles. The van der Waals surface area contributed by atoms with Gasteiger partial charge in [-0.25, -0.2) is 0 Å². The third-order valence-corrected chi connectivity index (χ3v) is 11.0. The summed E-state index contributed by atoms with van der Waals surface area (Å²) in [6, 6.07) is 3.70. The van der Waals surface area contributed by atoms with E-state index in [9.17, 15) is 9.59 Å². The van der Waals surface area contributed by atoms with Crippen LogP contribution in [0.15, 0.2) is 12.1 Å². The lowest BCUT2D eigenvalue weighted by Gasteiger charge is -2.27. The Morgan fingerprint density at radius 2 is 2.00 bits per heavy atom. The van der Waals surface area contributed by atoms with Crippen molar-refractivity contribution < 1.29 is 24.2 Å². The van der Waals surface area contributed by atoms with Crippen molar-refractivity contribution in [3.05, 3.63) is 23.3 Å². The molecule has 2 atom stereocenters. The normalized spacial score (nSPS) is 22.3. The van der Waals surface area contributed by atoms with E-state index >= 15 is 0 Å². The molecule has 5 nitrogen and oxygen atoms in total. The van der Waals surface area contributed by atoms with E-state index in [1.54, 1.807) is 20.1 Å². The monoisotopic (exact) mass is 514 g/mol. The van der Waals surface area contributed by atoms with Crippen molar-refractivity contribution in [2.24, 2.45) is 0 Å². The molecule has 1 aromatic rings. The zero-order valence-corrected chi connectivity index (χ0v) is 23.0. The van der Waals surface area contributed by atoms with Crippen LogP contribution in [0.3, 0.4) is 0 Å². The first-order valence-corrected chi connectivity index (χ1v) is 14.6. The number of ether oxygens (including phenoxy) is 2. The van der Waals surface area contributed by atoms with Crippen LogP contribution in [0.1, 0.15) is 75.7 Å². The van der Waals surface area contributed by atoms with Crippen molar-refractivity contribution in [3.63, 3.8) is 0 Å². The first-order valence-electron chi connectivity index (χ1n) is 11.6. The molecule has 1 heterocycles. The van der Waals surface area contributed by atoms with E-state index in [1.807, 2.05) is 41.4 Å². The maximum atomic E-state index is 11.9. The fourth-order valence-corrected chi connectivity index (χ4v) is 9.35. The number of benzene rings is 1. The van der Waals surface area contributed by atoms with Gasteiger partial charge >= 0.3 is 5.97 Å². The largest absolute Gasteiger partial charge is 0.496 e. The van der Waals surface area contributed by atoms with Crippen molar-refractivity contribution in [2.45, 2.75) is 75.0 Å². The average molecular weight is 515 g/mol. The number of methoxy groups -OCH3 is 1. The van der Waals surface area contributed by atoms with Gasteiger partial charge in [-0.2, -0.15) is 11.8 Å². The quantitative estimate of drug-likeness (QED) is 0.208. The molecule has 1 aliphatic rings. The summed E-state index contributed by atoms with van der Waals surface area (Å²) in [5.41, 5.74) is 1.59. The van der Waals surface area contributed by atoms with Gasteiger partial charge in [0, 0.05) is 28.2 Å². The molecule has 186 valence electrons. The predicted molar refractivity (Wildman–Crippen MR) is 143 cm³/mol. The van der Waals surface area contributed by atoms with E-state index in [2.05, 4.69) is 20.8 Å². The Balaban J connectivity index is 1.79. The summed E-state index contributed by atoms with van der Waals surface area (Å²) in [7, 11) is 1.61. The van der Waals surface area contributed by atoms with Crippen molar-refractivity contribution in [3.8, 4) is 11.5 Å². The van der Waals surface area contributed by atoms with Crippen LogP contribution in [0.2, 0.25) is 0 Å². The number of Topliss-reactive ketones (excluding diaryl/α,β-unsaturated/α-hetero) is 1. The molecule has 1 fully saturated rings. The molecule has 2 unspecified atom stereocenters. The highest BCUT2D eigenvalue weighted by molar-refractivity contribution is 8.22. The van der Waals surface area contributed by atoms with Gasteiger partial charge in [0.05, 0.1) is 23.4 Å². The van der Waals surface area contributed by atoms with Crippen LogP contribution < -0.4 is 9.47 Å². The fourth-order valence-electron chi connectivity index (χ4n) is 4.01. The summed E-state index contributed by atoms with van der Waals surface area (Å²) in [5, 5.41) is 8.89. The Labute approximate surface area is 211 Å². The van der Waals surface area contributed by atoms with Crippen LogP contribution in [0.4, 0.5) is 0 Å². The van der Waals surface area contributed by atoms with E-state index < -0.39 is 5.97 Å². The number of carboxylic acids is 1. The van der Waals surface area contributed by atoms with E-state index in [-0.39, 0.29) is 21.0 Å². The van der Waals surface area contributed by atoms with Crippen molar-refractivity contribution in [1.29, 1.82) is 0 Å². The summed E-state index contributed by atoms with van der Waals surface area (Å²) in [6.45, 7) is 8.89. The van der Waals surface area contributed by atoms with Gasteiger partial charge < -0.3 is 14.6 Å². The maximum Gasteiger partial charge on any atom is 0.303 e. The molecule has 0 saturated carbocycles. The molecular formula is C25H38O5S3. The molecule has 33 heavy (non-hydrogen) atoms. The molecule has 0 aromatic heterocycles. The van der Waals surface area contributed by atoms with Crippen LogP contribution in [-0.2, 0) is 11.2 Å². The molecule has 0 aliphatic carbocycles. The van der Waals surface area contributed by atoms with Crippen LogP contribution in [0.5, 0.6) is 11.5 Å². The second-order valence-corrected chi connectivity index (χ2v) is 13.8. The summed E-state index contributed by atoms with van der Waals surface area (Å²) in [6.07, 6.45) is 4.65. The first kappa shape index (κ1) is 28.2. The average Bonchev–Trinajstić information content (AvgIpc) is 3.05. The number of carbonyl (C=O) groups excluding carboxylic acids is 1. The molecule has 0 amide bonds. The molecule has 0 bridgehead atoms. The van der Waals surface area contributed by atoms with Crippen LogP contribution in [0.25, 0.3) is 0 Å². The number of hydrogen-bond acceptors (Lipinski definition) is 7. The van der Waals surface area contributed by atoms with Gasteiger partial charge in [0.25, 0.3) is 0 Å². The summed E-state index contributed by atoms with van der Waals surface area (Å²) in [5.74, 6) is 3.97. The van der Waals surface area contributed by atoms with Crippen LogP contribution in [0, 0.1) is 0 Å². The lowest BCUT2D eigenvalue weighted by Crippen LogP contribution is -2.25. The lowest BCUT2D eigenvalue weighted by atomic mass is 10.0. The van der Waals surface area contributed by atoms with Gasteiger partial charge in [-0.05, 0) is 64.3 Å². The molecule has 1 saturated heterocycles. The molecule has 2 rings (SSSR count). The number of hydrogen-bond donors (Lipinski definition) is 1. The van der Waals surface area contributed by atoms with E-state index in [1.165, 1.54) is 0 Å². The van der Waals surface area contributed by atoms with Gasteiger partial charge in [0.2, 0.25) is 0 Å². The lowest BCUT2D eigenvalue weighted by molar-refractivity contribution is -0.137. The van der Waals surface area contributed by atoms with Crippen molar-refractivity contribution in [1.82, 2.24) is 0 Å². The Hall–Kier alpha value is -0.990. The highest BCUT2D eigenvalue weighted by Gasteiger charge is 2.43. The van der Waals surface area contributed by atoms with Crippen molar-refractivity contribution in [2.75, 3.05) is 31.0 Å². The Kier molecular flexibility index (Phi) is 11.3. The number of rotatable bonds is 15. The zero-order valence-electron chi connectivity index (χ0n) is 20.5. The van der Waals surface area contributed by atoms with E-state index in [4.69, 9.17) is 14.6 Å². The van der Waals surface area contributed by atoms with Crippen LogP contribution in [-0.4, -0.2) is 56.7 Å². The number of ketones is 1. The van der Waals surface area contributed by atoms with Gasteiger partial charge in [-0.3, -0.25) is 9.59 Å². The summed E-state index contributed by atoms with van der Waals surface area (Å²) < 4.78 is 12.0. The SMILES string of the molecule is CCCc1c(OCCCSCC2(C)CSC(C)(CCCC(=O)O)S2)ccc(C(C)=O)c1OC. The van der Waals surface area contributed by atoms with Gasteiger partial charge in [0.1, 0.15) is 11.5 Å². The standard InChI is InChI=1S/C25H38O5S3/c1-6-9-20-21(12-11-19(18(2)26)23(20)29-5)30-14-8-15-31-16-24(3)17-32-25(4,33-24)13-7-10-22(27)28/h11-12H,6-10,13-17H2,1-5H3,(H,27,28). The minimum atomic E-state index is -0.706. The second-order valence-electron chi connectivity index (χ2n) is 8.91. The molecular weight excluding hydrogens is 476 g/mol. The van der Waals surface area contributed by atoms with Gasteiger partial charge in [0.15, 0.2) is 5.78 Å². The third kappa shape index (κ3) is 8.62. The summed E-state index contributed by atoms with van der Waals surface area (Å²) >= 11 is 5.96.